The number of thiophene rings is 1. The summed E-state index contributed by atoms with van der Waals surface area (Å²) in [4.78, 5) is 15.0. The topological polar surface area (TPSA) is 52.6 Å². The Morgan fingerprint density at radius 1 is 1.20 bits per heavy atom. The zero-order valence-corrected chi connectivity index (χ0v) is 18.4. The van der Waals surface area contributed by atoms with Gasteiger partial charge < -0.3 is 15.3 Å². The van der Waals surface area contributed by atoms with Crippen molar-refractivity contribution in [3.63, 3.8) is 0 Å². The first-order chi connectivity index (χ1) is 14.7. The van der Waals surface area contributed by atoms with Gasteiger partial charge in [-0.3, -0.25) is 4.79 Å². The van der Waals surface area contributed by atoms with Crippen molar-refractivity contribution < 1.29 is 9.90 Å². The summed E-state index contributed by atoms with van der Waals surface area (Å²) in [5.41, 5.74) is 2.91. The maximum atomic E-state index is 11.4. The minimum atomic E-state index is -0.695. The lowest BCUT2D eigenvalue weighted by atomic mass is 9.95. The summed E-state index contributed by atoms with van der Waals surface area (Å²) in [5, 5.41) is 14.2. The number of carboxylic acids is 1. The number of nitrogens with one attached hydrogen (secondary N) is 1. The molecule has 0 saturated carbocycles. The molecule has 3 heterocycles. The lowest BCUT2D eigenvalue weighted by Crippen LogP contribution is -2.33. The minimum absolute atomic E-state index is 0.132. The predicted molar refractivity (Wildman–Crippen MR) is 125 cm³/mol. The molecule has 0 amide bonds. The molecule has 1 aromatic heterocycles. The number of carboxylic acid groups (broad SMARTS) is 1. The van der Waals surface area contributed by atoms with Crippen LogP contribution in [-0.2, 0) is 4.79 Å². The fraction of sp³-hybridized carbons (Fsp3) is 0.480. The number of hydrogen-bond donors (Lipinski definition) is 2. The number of rotatable bonds is 10. The summed E-state index contributed by atoms with van der Waals surface area (Å²) in [6.45, 7) is 3.24. The van der Waals surface area contributed by atoms with Gasteiger partial charge in [-0.05, 0) is 61.1 Å². The number of aliphatic carboxylic acids is 1. The smallest absolute Gasteiger partial charge is 0.303 e. The van der Waals surface area contributed by atoms with Crippen LogP contribution in [0.1, 0.15) is 62.2 Å². The van der Waals surface area contributed by atoms with E-state index in [0.29, 0.717) is 0 Å². The number of unbranched alkanes of at least 4 members (excludes halogenated alkanes) is 3. The monoisotopic (exact) mass is 424 g/mol. The highest BCUT2D eigenvalue weighted by atomic mass is 32.1. The van der Waals surface area contributed by atoms with E-state index in [2.05, 4.69) is 40.7 Å². The van der Waals surface area contributed by atoms with Crippen LogP contribution in [0.2, 0.25) is 0 Å². The summed E-state index contributed by atoms with van der Waals surface area (Å²) < 4.78 is 1.25. The molecule has 0 aliphatic carbocycles. The largest absolute Gasteiger partial charge is 0.481 e. The fourth-order valence-corrected chi connectivity index (χ4v) is 5.75. The van der Waals surface area contributed by atoms with E-state index in [1.165, 1.54) is 58.3 Å². The molecule has 2 aliphatic rings. The molecule has 0 saturated heterocycles. The molecule has 4 rings (SSSR count). The SMILES string of the molecule is O=C(O)C[C@H](CCCCCCN1C=CC2=C(C1)NCCC2)c1cc2ccccc2s1. The highest BCUT2D eigenvalue weighted by Crippen LogP contribution is 2.35. The lowest BCUT2D eigenvalue weighted by molar-refractivity contribution is -0.137. The van der Waals surface area contributed by atoms with E-state index >= 15 is 0 Å². The van der Waals surface area contributed by atoms with E-state index in [1.807, 2.05) is 12.1 Å². The Labute approximate surface area is 183 Å². The normalized spacial score (nSPS) is 17.1. The average Bonchev–Trinajstić information content (AvgIpc) is 3.19. The number of nitrogens with zero attached hydrogens (tertiary/aromatic N) is 1. The Balaban J connectivity index is 1.20. The van der Waals surface area contributed by atoms with Crippen LogP contribution in [0.3, 0.4) is 0 Å². The van der Waals surface area contributed by atoms with E-state index < -0.39 is 5.97 Å². The zero-order valence-electron chi connectivity index (χ0n) is 17.6. The number of hydrogen-bond acceptors (Lipinski definition) is 4. The number of fused-ring (bicyclic) bond motifs is 1. The molecule has 2 N–H and O–H groups in total. The molecule has 0 spiro atoms. The molecule has 30 heavy (non-hydrogen) atoms. The average molecular weight is 425 g/mol. The highest BCUT2D eigenvalue weighted by Gasteiger charge is 2.18. The molecule has 2 aromatic rings. The van der Waals surface area contributed by atoms with Gasteiger partial charge in [0.05, 0.1) is 13.0 Å². The molecule has 1 aromatic carbocycles. The summed E-state index contributed by atoms with van der Waals surface area (Å²) in [5.74, 6) is -0.563. The van der Waals surface area contributed by atoms with E-state index in [9.17, 15) is 9.90 Å². The Kier molecular flexibility index (Phi) is 7.11. The van der Waals surface area contributed by atoms with Gasteiger partial charge in [-0.15, -0.1) is 11.3 Å². The maximum Gasteiger partial charge on any atom is 0.303 e. The first-order valence-electron chi connectivity index (χ1n) is 11.3. The number of benzene rings is 1. The second-order valence-electron chi connectivity index (χ2n) is 8.50. The minimum Gasteiger partial charge on any atom is -0.481 e. The van der Waals surface area contributed by atoms with Gasteiger partial charge in [0, 0.05) is 34.3 Å². The fourth-order valence-electron chi connectivity index (χ4n) is 4.55. The molecule has 0 unspecified atom stereocenters. The first-order valence-corrected chi connectivity index (χ1v) is 12.1. The van der Waals surface area contributed by atoms with Gasteiger partial charge in [0.25, 0.3) is 0 Å². The Bertz CT molecular complexity index is 897. The molecule has 0 fully saturated rings. The van der Waals surface area contributed by atoms with E-state index in [4.69, 9.17) is 0 Å². The third kappa shape index (κ3) is 5.45. The Morgan fingerprint density at radius 3 is 2.93 bits per heavy atom. The summed E-state index contributed by atoms with van der Waals surface area (Å²) in [6.07, 6.45) is 12.9. The molecule has 0 radical (unpaired) electrons. The number of carbonyl (C=O) groups is 1. The van der Waals surface area contributed by atoms with Crippen LogP contribution < -0.4 is 5.32 Å². The molecular weight excluding hydrogens is 392 g/mol. The Hall–Kier alpha value is -2.27. The van der Waals surface area contributed by atoms with Crippen molar-refractivity contribution in [1.82, 2.24) is 10.2 Å². The summed E-state index contributed by atoms with van der Waals surface area (Å²) in [6, 6.07) is 10.5. The molecule has 0 bridgehead atoms. The van der Waals surface area contributed by atoms with Crippen molar-refractivity contribution in [2.75, 3.05) is 19.6 Å². The van der Waals surface area contributed by atoms with Crippen LogP contribution >= 0.6 is 11.3 Å². The molecule has 2 aliphatic heterocycles. The standard InChI is InChI=1S/C25H32N2O2S/c28-25(29)17-21(24-16-20-9-4-5-11-23(20)30-24)8-3-1-2-6-14-27-15-12-19-10-7-13-26-22(19)18-27/h4-5,9,11-12,15-16,21,26H,1-3,6-8,10,13-14,17-18H2,(H,28,29)/t21-/m0/s1. The van der Waals surface area contributed by atoms with Gasteiger partial charge in [0.1, 0.15) is 0 Å². The molecule has 1 atom stereocenters. The van der Waals surface area contributed by atoms with Gasteiger partial charge in [0.15, 0.2) is 0 Å². The van der Waals surface area contributed by atoms with Gasteiger partial charge in [-0.25, -0.2) is 0 Å². The van der Waals surface area contributed by atoms with Crippen LogP contribution in [0, 0.1) is 0 Å². The third-order valence-electron chi connectivity index (χ3n) is 6.21. The molecular formula is C25H32N2O2S. The van der Waals surface area contributed by atoms with Crippen molar-refractivity contribution >= 4 is 27.4 Å². The molecule has 4 nitrogen and oxygen atoms in total. The van der Waals surface area contributed by atoms with Gasteiger partial charge in [0.2, 0.25) is 0 Å². The molecule has 5 heteroatoms. The quantitative estimate of drug-likeness (QED) is 0.468. The third-order valence-corrected chi connectivity index (χ3v) is 7.49. The maximum absolute atomic E-state index is 11.4. The summed E-state index contributed by atoms with van der Waals surface area (Å²) >= 11 is 1.76. The Morgan fingerprint density at radius 2 is 2.07 bits per heavy atom. The van der Waals surface area contributed by atoms with Crippen molar-refractivity contribution in [2.24, 2.45) is 0 Å². The lowest BCUT2D eigenvalue weighted by Gasteiger charge is -2.30. The van der Waals surface area contributed by atoms with E-state index in [-0.39, 0.29) is 12.3 Å². The van der Waals surface area contributed by atoms with Crippen LogP contribution in [0.5, 0.6) is 0 Å². The van der Waals surface area contributed by atoms with Crippen molar-refractivity contribution in [2.45, 2.75) is 57.3 Å². The predicted octanol–water partition coefficient (Wildman–Crippen LogP) is 5.88. The molecule has 160 valence electrons. The second kappa shape index (κ2) is 10.2. The van der Waals surface area contributed by atoms with Crippen LogP contribution in [0.15, 0.2) is 53.9 Å². The van der Waals surface area contributed by atoms with Crippen LogP contribution in [-0.4, -0.2) is 35.6 Å². The second-order valence-corrected chi connectivity index (χ2v) is 9.62. The van der Waals surface area contributed by atoms with Crippen molar-refractivity contribution in [3.8, 4) is 0 Å². The summed E-state index contributed by atoms with van der Waals surface area (Å²) in [7, 11) is 0. The van der Waals surface area contributed by atoms with E-state index in [0.717, 1.165) is 32.5 Å². The number of allylic oxidation sites excluding steroid dienone is 2. The van der Waals surface area contributed by atoms with Crippen molar-refractivity contribution in [3.05, 3.63) is 58.8 Å². The van der Waals surface area contributed by atoms with Crippen LogP contribution in [0.25, 0.3) is 10.1 Å². The van der Waals surface area contributed by atoms with Gasteiger partial charge in [-0.2, -0.15) is 0 Å². The van der Waals surface area contributed by atoms with Gasteiger partial charge >= 0.3 is 5.97 Å². The van der Waals surface area contributed by atoms with Crippen molar-refractivity contribution in [1.29, 1.82) is 0 Å². The highest BCUT2D eigenvalue weighted by molar-refractivity contribution is 7.19. The first kappa shape index (κ1) is 21.0. The zero-order chi connectivity index (χ0) is 20.8. The van der Waals surface area contributed by atoms with Gasteiger partial charge in [-0.1, -0.05) is 37.5 Å². The van der Waals surface area contributed by atoms with Crippen LogP contribution in [0.4, 0.5) is 0 Å². The van der Waals surface area contributed by atoms with E-state index in [1.54, 1.807) is 11.3 Å².